The van der Waals surface area contributed by atoms with Crippen LogP contribution in [0.5, 0.6) is 11.5 Å². The molecule has 0 amide bonds. The third-order valence-corrected chi connectivity index (χ3v) is 7.46. The first-order chi connectivity index (χ1) is 14.9. The fourth-order valence-electron chi connectivity index (χ4n) is 3.78. The second-order valence-corrected chi connectivity index (χ2v) is 9.43. The van der Waals surface area contributed by atoms with Gasteiger partial charge >= 0.3 is 0 Å². The second-order valence-electron chi connectivity index (χ2n) is 7.49. The summed E-state index contributed by atoms with van der Waals surface area (Å²) in [5.41, 5.74) is 1.70. The first kappa shape index (κ1) is 21.3. The van der Waals surface area contributed by atoms with Crippen molar-refractivity contribution in [3.63, 3.8) is 0 Å². The van der Waals surface area contributed by atoms with Crippen molar-refractivity contribution in [2.24, 2.45) is 0 Å². The maximum atomic E-state index is 12.9. The quantitative estimate of drug-likeness (QED) is 0.574. The van der Waals surface area contributed by atoms with E-state index in [1.54, 1.807) is 32.4 Å². The van der Waals surface area contributed by atoms with Gasteiger partial charge in [0.15, 0.2) is 11.5 Å². The minimum atomic E-state index is -3.50. The summed E-state index contributed by atoms with van der Waals surface area (Å²) in [6.45, 7) is 2.74. The van der Waals surface area contributed by atoms with Gasteiger partial charge in [0.05, 0.1) is 24.7 Å². The molecule has 1 aliphatic rings. The number of rotatable bonds is 6. The van der Waals surface area contributed by atoms with Crippen LogP contribution in [0.25, 0.3) is 11.4 Å². The largest absolute Gasteiger partial charge is 0.493 e. The Hall–Kier alpha value is -2.91. The van der Waals surface area contributed by atoms with Gasteiger partial charge in [0.2, 0.25) is 21.7 Å². The zero-order chi connectivity index (χ0) is 22.0. The summed E-state index contributed by atoms with van der Waals surface area (Å²) >= 11 is 0. The van der Waals surface area contributed by atoms with Crippen molar-refractivity contribution in [3.05, 3.63) is 53.9 Å². The molecule has 2 heterocycles. The molecule has 164 valence electrons. The molecule has 0 aliphatic carbocycles. The monoisotopic (exact) mass is 443 g/mol. The van der Waals surface area contributed by atoms with E-state index < -0.39 is 10.0 Å². The van der Waals surface area contributed by atoms with E-state index in [0.717, 1.165) is 5.56 Å². The zero-order valence-corrected chi connectivity index (χ0v) is 18.6. The lowest BCUT2D eigenvalue weighted by molar-refractivity contribution is 0.270. The molecule has 0 unspecified atom stereocenters. The molecule has 1 saturated heterocycles. The number of ether oxygens (including phenoxy) is 2. The molecule has 0 N–H and O–H groups in total. The van der Waals surface area contributed by atoms with Crippen LogP contribution in [0, 0.1) is 6.92 Å². The normalized spacial score (nSPS) is 15.7. The van der Waals surface area contributed by atoms with Crippen LogP contribution in [-0.4, -0.2) is 50.2 Å². The first-order valence-corrected chi connectivity index (χ1v) is 11.5. The van der Waals surface area contributed by atoms with Crippen molar-refractivity contribution in [1.82, 2.24) is 14.4 Å². The van der Waals surface area contributed by atoms with E-state index in [9.17, 15) is 8.42 Å². The van der Waals surface area contributed by atoms with Crippen LogP contribution in [0.15, 0.2) is 51.9 Å². The van der Waals surface area contributed by atoms with Crippen LogP contribution in [-0.2, 0) is 10.0 Å². The standard InChI is InChI=1S/C22H25N3O5S/c1-15-7-9-17(10-8-15)31(26,27)25-13-11-16(12-14-25)22-23-21(24-30-22)18-5-4-6-19(28-2)20(18)29-3/h4-10,16H,11-14H2,1-3H3. The minimum Gasteiger partial charge on any atom is -0.493 e. The summed E-state index contributed by atoms with van der Waals surface area (Å²) in [7, 11) is -0.369. The third kappa shape index (κ3) is 4.15. The predicted octanol–water partition coefficient (Wildman–Crippen LogP) is 3.63. The number of nitrogens with zero attached hydrogens (tertiary/aromatic N) is 3. The molecule has 1 aromatic heterocycles. The van der Waals surface area contributed by atoms with Gasteiger partial charge in [-0.2, -0.15) is 9.29 Å². The van der Waals surface area contributed by atoms with Gasteiger partial charge in [-0.1, -0.05) is 28.9 Å². The molecule has 0 atom stereocenters. The van der Waals surface area contributed by atoms with Crippen LogP contribution in [0.2, 0.25) is 0 Å². The van der Waals surface area contributed by atoms with Crippen LogP contribution >= 0.6 is 0 Å². The van der Waals surface area contributed by atoms with Gasteiger partial charge in [-0.3, -0.25) is 0 Å². The Morgan fingerprint density at radius 1 is 1.03 bits per heavy atom. The molecule has 0 radical (unpaired) electrons. The van der Waals surface area contributed by atoms with E-state index in [4.69, 9.17) is 14.0 Å². The highest BCUT2D eigenvalue weighted by Crippen LogP contribution is 2.37. The Bertz CT molecular complexity index is 1150. The molecule has 4 rings (SSSR count). The highest BCUT2D eigenvalue weighted by Gasteiger charge is 2.32. The van der Waals surface area contributed by atoms with E-state index in [-0.39, 0.29) is 5.92 Å². The lowest BCUT2D eigenvalue weighted by atomic mass is 9.98. The second kappa shape index (κ2) is 8.68. The molecule has 1 aliphatic heterocycles. The van der Waals surface area contributed by atoms with Gasteiger partial charge in [-0.25, -0.2) is 8.42 Å². The molecule has 0 saturated carbocycles. The molecular weight excluding hydrogens is 418 g/mol. The molecule has 0 spiro atoms. The number of methoxy groups -OCH3 is 2. The molecule has 31 heavy (non-hydrogen) atoms. The maximum absolute atomic E-state index is 12.9. The van der Waals surface area contributed by atoms with Gasteiger partial charge < -0.3 is 14.0 Å². The smallest absolute Gasteiger partial charge is 0.243 e. The fourth-order valence-corrected chi connectivity index (χ4v) is 5.25. The van der Waals surface area contributed by atoms with E-state index in [2.05, 4.69) is 10.1 Å². The van der Waals surface area contributed by atoms with Crippen molar-refractivity contribution in [3.8, 4) is 22.9 Å². The van der Waals surface area contributed by atoms with E-state index in [0.29, 0.717) is 59.6 Å². The van der Waals surface area contributed by atoms with E-state index >= 15 is 0 Å². The van der Waals surface area contributed by atoms with Crippen LogP contribution in [0.3, 0.4) is 0 Å². The van der Waals surface area contributed by atoms with Crippen LogP contribution < -0.4 is 9.47 Å². The lowest BCUT2D eigenvalue weighted by Gasteiger charge is -2.29. The Balaban J connectivity index is 1.48. The summed E-state index contributed by atoms with van der Waals surface area (Å²) in [6, 6.07) is 12.4. The number of hydrogen-bond acceptors (Lipinski definition) is 7. The highest BCUT2D eigenvalue weighted by molar-refractivity contribution is 7.89. The van der Waals surface area contributed by atoms with Crippen LogP contribution in [0.1, 0.15) is 30.2 Å². The number of sulfonamides is 1. The maximum Gasteiger partial charge on any atom is 0.243 e. The molecule has 1 fully saturated rings. The summed E-state index contributed by atoms with van der Waals surface area (Å²) in [4.78, 5) is 4.88. The van der Waals surface area contributed by atoms with E-state index in [1.807, 2.05) is 31.2 Å². The van der Waals surface area contributed by atoms with Crippen molar-refractivity contribution in [1.29, 1.82) is 0 Å². The average Bonchev–Trinajstić information content (AvgIpc) is 3.29. The Morgan fingerprint density at radius 3 is 2.39 bits per heavy atom. The zero-order valence-electron chi connectivity index (χ0n) is 17.7. The van der Waals surface area contributed by atoms with E-state index in [1.165, 1.54) is 4.31 Å². The lowest BCUT2D eigenvalue weighted by Crippen LogP contribution is -2.37. The van der Waals surface area contributed by atoms with Gasteiger partial charge in [-0.15, -0.1) is 0 Å². The molecule has 0 bridgehead atoms. The third-order valence-electron chi connectivity index (χ3n) is 5.55. The van der Waals surface area contributed by atoms with Gasteiger partial charge in [0.25, 0.3) is 0 Å². The summed E-state index contributed by atoms with van der Waals surface area (Å²) < 4.78 is 43.7. The number of piperidine rings is 1. The first-order valence-electron chi connectivity index (χ1n) is 10.1. The molecular formula is C22H25N3O5S. The minimum absolute atomic E-state index is 0.00215. The Labute approximate surface area is 181 Å². The molecule has 8 nitrogen and oxygen atoms in total. The highest BCUT2D eigenvalue weighted by atomic mass is 32.2. The number of hydrogen-bond donors (Lipinski definition) is 0. The molecule has 9 heteroatoms. The van der Waals surface area contributed by atoms with Crippen molar-refractivity contribution < 1.29 is 22.4 Å². The Morgan fingerprint density at radius 2 is 1.74 bits per heavy atom. The fraction of sp³-hybridized carbons (Fsp3) is 0.364. The van der Waals surface area contributed by atoms with Crippen molar-refractivity contribution >= 4 is 10.0 Å². The summed E-state index contributed by atoms with van der Waals surface area (Å²) in [5.74, 6) is 2.05. The van der Waals surface area contributed by atoms with Gasteiger partial charge in [-0.05, 0) is 44.0 Å². The Kier molecular flexibility index (Phi) is 5.97. The van der Waals surface area contributed by atoms with Gasteiger partial charge in [0.1, 0.15) is 0 Å². The van der Waals surface area contributed by atoms with Crippen molar-refractivity contribution in [2.75, 3.05) is 27.3 Å². The topological polar surface area (TPSA) is 94.8 Å². The average molecular weight is 444 g/mol. The summed E-state index contributed by atoms with van der Waals surface area (Å²) in [5, 5.41) is 4.12. The predicted molar refractivity (Wildman–Crippen MR) is 115 cm³/mol. The SMILES string of the molecule is COc1cccc(-c2noc(C3CCN(S(=O)(=O)c4ccc(C)cc4)CC3)n2)c1OC. The molecule has 3 aromatic rings. The summed E-state index contributed by atoms with van der Waals surface area (Å²) in [6.07, 6.45) is 1.23. The number of aromatic nitrogens is 2. The number of para-hydroxylation sites is 1. The van der Waals surface area contributed by atoms with Gasteiger partial charge in [0, 0.05) is 19.0 Å². The van der Waals surface area contributed by atoms with Crippen LogP contribution in [0.4, 0.5) is 0 Å². The van der Waals surface area contributed by atoms with Crippen molar-refractivity contribution in [2.45, 2.75) is 30.6 Å². The number of benzene rings is 2. The number of aryl methyl sites for hydroxylation is 1. The molecule has 2 aromatic carbocycles.